The molecule has 0 saturated carbocycles. The number of aryl methyl sites for hydroxylation is 1. The van der Waals surface area contributed by atoms with Crippen LogP contribution in [0.25, 0.3) is 0 Å². The van der Waals surface area contributed by atoms with Crippen LogP contribution >= 0.6 is 0 Å². The van der Waals surface area contributed by atoms with Gasteiger partial charge in [0.2, 0.25) is 0 Å². The molecule has 1 heterocycles. The van der Waals surface area contributed by atoms with Crippen LogP contribution in [-0.2, 0) is 9.47 Å². The maximum Gasteiger partial charge on any atom is 0.0701 e. The van der Waals surface area contributed by atoms with E-state index in [1.165, 1.54) is 0 Å². The first-order chi connectivity index (χ1) is 7.33. The summed E-state index contributed by atoms with van der Waals surface area (Å²) in [4.78, 5) is 4.12. The summed E-state index contributed by atoms with van der Waals surface area (Å²) in [6.07, 6.45) is 1.80. The molecule has 1 rings (SSSR count). The zero-order valence-corrected chi connectivity index (χ0v) is 9.32. The number of methoxy groups -OCH3 is 1. The molecule has 1 aromatic heterocycles. The van der Waals surface area contributed by atoms with Crippen molar-refractivity contribution in [3.05, 3.63) is 24.0 Å². The average molecular weight is 210 g/mol. The molecule has 0 fully saturated rings. The fraction of sp³-hybridized carbons (Fsp3) is 0.545. The van der Waals surface area contributed by atoms with Crippen molar-refractivity contribution in [3.63, 3.8) is 0 Å². The molecular formula is C11H18N2O2. The Morgan fingerprint density at radius 3 is 2.93 bits per heavy atom. The first-order valence-corrected chi connectivity index (χ1v) is 5.06. The number of rotatable bonds is 7. The molecule has 0 aromatic carbocycles. The first-order valence-electron chi connectivity index (χ1n) is 5.06. The van der Waals surface area contributed by atoms with E-state index in [1.54, 1.807) is 13.3 Å². The van der Waals surface area contributed by atoms with Crippen molar-refractivity contribution >= 4 is 5.69 Å². The van der Waals surface area contributed by atoms with Crippen molar-refractivity contribution in [1.82, 2.24) is 4.98 Å². The van der Waals surface area contributed by atoms with Gasteiger partial charge in [0.15, 0.2) is 0 Å². The molecule has 0 aliphatic carbocycles. The van der Waals surface area contributed by atoms with Gasteiger partial charge in [0.25, 0.3) is 0 Å². The Morgan fingerprint density at radius 1 is 1.33 bits per heavy atom. The van der Waals surface area contributed by atoms with Gasteiger partial charge in [-0.25, -0.2) is 0 Å². The summed E-state index contributed by atoms with van der Waals surface area (Å²) in [7, 11) is 1.67. The van der Waals surface area contributed by atoms with Crippen LogP contribution in [0.1, 0.15) is 5.69 Å². The number of ether oxygens (including phenoxy) is 2. The second kappa shape index (κ2) is 7.20. The topological polar surface area (TPSA) is 43.4 Å². The molecule has 0 aliphatic rings. The predicted molar refractivity (Wildman–Crippen MR) is 60.2 cm³/mol. The molecule has 1 N–H and O–H groups in total. The van der Waals surface area contributed by atoms with E-state index in [9.17, 15) is 0 Å². The van der Waals surface area contributed by atoms with E-state index in [0.717, 1.165) is 17.9 Å². The van der Waals surface area contributed by atoms with Gasteiger partial charge in [-0.3, -0.25) is 4.98 Å². The summed E-state index contributed by atoms with van der Waals surface area (Å²) in [6, 6.07) is 3.96. The molecule has 4 nitrogen and oxygen atoms in total. The third-order valence-electron chi connectivity index (χ3n) is 1.90. The normalized spacial score (nSPS) is 10.3. The predicted octanol–water partition coefficient (Wildman–Crippen LogP) is 1.46. The molecule has 0 radical (unpaired) electrons. The standard InChI is InChI=1S/C11H18N2O2/c1-10-9-11(3-4-12-10)13-5-6-15-8-7-14-2/h3-4,9H,5-8H2,1-2H3,(H,12,13). The van der Waals surface area contributed by atoms with Gasteiger partial charge in [0.1, 0.15) is 0 Å². The van der Waals surface area contributed by atoms with Crippen LogP contribution in [-0.4, -0.2) is 38.5 Å². The second-order valence-corrected chi connectivity index (χ2v) is 3.22. The minimum absolute atomic E-state index is 0.646. The molecule has 0 amide bonds. The van der Waals surface area contributed by atoms with Gasteiger partial charge in [-0.05, 0) is 19.1 Å². The highest BCUT2D eigenvalue weighted by atomic mass is 16.5. The summed E-state index contributed by atoms with van der Waals surface area (Å²) in [5.74, 6) is 0. The van der Waals surface area contributed by atoms with Gasteiger partial charge < -0.3 is 14.8 Å². The van der Waals surface area contributed by atoms with E-state index in [2.05, 4.69) is 10.3 Å². The highest BCUT2D eigenvalue weighted by molar-refractivity contribution is 5.42. The number of anilines is 1. The van der Waals surface area contributed by atoms with Crippen LogP contribution in [0.4, 0.5) is 5.69 Å². The van der Waals surface area contributed by atoms with Gasteiger partial charge >= 0.3 is 0 Å². The summed E-state index contributed by atoms with van der Waals surface area (Å²) in [5.41, 5.74) is 2.10. The van der Waals surface area contributed by atoms with Crippen molar-refractivity contribution in [3.8, 4) is 0 Å². The van der Waals surface area contributed by atoms with Crippen molar-refractivity contribution in [2.24, 2.45) is 0 Å². The summed E-state index contributed by atoms with van der Waals surface area (Å²) in [5, 5.41) is 3.26. The van der Waals surface area contributed by atoms with Crippen LogP contribution in [0, 0.1) is 6.92 Å². The number of pyridine rings is 1. The zero-order chi connectivity index (χ0) is 10.9. The molecular weight excluding hydrogens is 192 g/mol. The van der Waals surface area contributed by atoms with Gasteiger partial charge in [-0.1, -0.05) is 0 Å². The Hall–Kier alpha value is -1.13. The van der Waals surface area contributed by atoms with Gasteiger partial charge in [0, 0.05) is 31.2 Å². The molecule has 4 heteroatoms. The molecule has 0 aliphatic heterocycles. The van der Waals surface area contributed by atoms with Crippen molar-refractivity contribution < 1.29 is 9.47 Å². The minimum atomic E-state index is 0.646. The molecule has 0 unspecified atom stereocenters. The molecule has 0 saturated heterocycles. The first kappa shape index (κ1) is 11.9. The third-order valence-corrected chi connectivity index (χ3v) is 1.90. The summed E-state index contributed by atoms with van der Waals surface area (Å²) in [6.45, 7) is 4.75. The smallest absolute Gasteiger partial charge is 0.0701 e. The number of hydrogen-bond donors (Lipinski definition) is 1. The maximum atomic E-state index is 5.32. The van der Waals surface area contributed by atoms with E-state index < -0.39 is 0 Å². The van der Waals surface area contributed by atoms with E-state index in [-0.39, 0.29) is 0 Å². The lowest BCUT2D eigenvalue weighted by Crippen LogP contribution is -2.12. The van der Waals surface area contributed by atoms with E-state index in [1.807, 2.05) is 19.1 Å². The molecule has 84 valence electrons. The van der Waals surface area contributed by atoms with E-state index in [0.29, 0.717) is 19.8 Å². The lowest BCUT2D eigenvalue weighted by Gasteiger charge is -2.07. The Labute approximate surface area is 90.6 Å². The largest absolute Gasteiger partial charge is 0.383 e. The SMILES string of the molecule is COCCOCCNc1ccnc(C)c1. The molecule has 0 spiro atoms. The van der Waals surface area contributed by atoms with Gasteiger partial charge in [-0.2, -0.15) is 0 Å². The lowest BCUT2D eigenvalue weighted by atomic mass is 10.3. The average Bonchev–Trinajstić information content (AvgIpc) is 2.23. The number of hydrogen-bond acceptors (Lipinski definition) is 4. The minimum Gasteiger partial charge on any atom is -0.383 e. The molecule has 0 bridgehead atoms. The zero-order valence-electron chi connectivity index (χ0n) is 9.32. The number of nitrogens with one attached hydrogen (secondary N) is 1. The van der Waals surface area contributed by atoms with Crippen molar-refractivity contribution in [2.45, 2.75) is 6.92 Å². The Balaban J connectivity index is 2.10. The van der Waals surface area contributed by atoms with E-state index in [4.69, 9.17) is 9.47 Å². The van der Waals surface area contributed by atoms with Crippen LogP contribution in [0.2, 0.25) is 0 Å². The second-order valence-electron chi connectivity index (χ2n) is 3.22. The lowest BCUT2D eigenvalue weighted by molar-refractivity contribution is 0.0759. The Kier molecular flexibility index (Phi) is 5.73. The maximum absolute atomic E-state index is 5.32. The van der Waals surface area contributed by atoms with Crippen LogP contribution in [0.5, 0.6) is 0 Å². The van der Waals surface area contributed by atoms with Crippen molar-refractivity contribution in [1.29, 1.82) is 0 Å². The summed E-state index contributed by atoms with van der Waals surface area (Å²) >= 11 is 0. The number of aromatic nitrogens is 1. The van der Waals surface area contributed by atoms with E-state index >= 15 is 0 Å². The van der Waals surface area contributed by atoms with Gasteiger partial charge in [0.05, 0.1) is 19.8 Å². The fourth-order valence-electron chi connectivity index (χ4n) is 1.17. The third kappa shape index (κ3) is 5.34. The van der Waals surface area contributed by atoms with Crippen LogP contribution in [0.3, 0.4) is 0 Å². The molecule has 15 heavy (non-hydrogen) atoms. The number of nitrogens with zero attached hydrogens (tertiary/aromatic N) is 1. The Morgan fingerprint density at radius 2 is 2.20 bits per heavy atom. The molecule has 0 atom stereocenters. The fourth-order valence-corrected chi connectivity index (χ4v) is 1.17. The highest BCUT2D eigenvalue weighted by Crippen LogP contribution is 2.05. The van der Waals surface area contributed by atoms with Gasteiger partial charge in [-0.15, -0.1) is 0 Å². The van der Waals surface area contributed by atoms with Crippen LogP contribution in [0.15, 0.2) is 18.3 Å². The Bertz CT molecular complexity index is 279. The highest BCUT2D eigenvalue weighted by Gasteiger charge is 1.92. The van der Waals surface area contributed by atoms with Crippen molar-refractivity contribution in [2.75, 3.05) is 38.8 Å². The molecule has 1 aromatic rings. The monoisotopic (exact) mass is 210 g/mol. The van der Waals surface area contributed by atoms with Crippen LogP contribution < -0.4 is 5.32 Å². The quantitative estimate of drug-likeness (QED) is 0.692. The summed E-state index contributed by atoms with van der Waals surface area (Å²) < 4.78 is 10.2.